The highest BCUT2D eigenvalue weighted by Crippen LogP contribution is 2.33. The lowest BCUT2D eigenvalue weighted by Crippen LogP contribution is -2.48. The predicted octanol–water partition coefficient (Wildman–Crippen LogP) is 2.10. The Morgan fingerprint density at radius 2 is 1.67 bits per heavy atom. The lowest BCUT2D eigenvalue weighted by molar-refractivity contribution is 0.170. The molecular weight excluding hydrogens is 371 g/mol. The summed E-state index contributed by atoms with van der Waals surface area (Å²) in [6.07, 6.45) is 0. The fraction of sp³-hybridized carbons (Fsp3) is 0.368. The Morgan fingerprint density at radius 3 is 2.41 bits per heavy atom. The summed E-state index contributed by atoms with van der Waals surface area (Å²) >= 11 is 0. The maximum atomic E-state index is 13.3. The average molecular weight is 392 g/mol. The van der Waals surface area contributed by atoms with Crippen LogP contribution < -0.4 is 9.47 Å². The normalized spacial score (nSPS) is 18.4. The third-order valence-electron chi connectivity index (χ3n) is 4.78. The summed E-state index contributed by atoms with van der Waals surface area (Å²) in [5.41, 5.74) is 0.887. The standard InChI is InChI=1S/C19H21FN2O4S/c20-16-3-1-2-15(12-16)14-21-6-8-22(9-7-21)27(23,24)17-4-5-18-19(13-17)26-11-10-25-18/h1-5,12-13H,6-11,14H2. The molecule has 2 aliphatic heterocycles. The van der Waals surface area contributed by atoms with Crippen LogP contribution in [0.25, 0.3) is 0 Å². The van der Waals surface area contributed by atoms with Crippen molar-refractivity contribution in [2.24, 2.45) is 0 Å². The van der Waals surface area contributed by atoms with Gasteiger partial charge < -0.3 is 9.47 Å². The molecule has 0 N–H and O–H groups in total. The highest BCUT2D eigenvalue weighted by atomic mass is 32.2. The van der Waals surface area contributed by atoms with Crippen LogP contribution in [0.1, 0.15) is 5.56 Å². The van der Waals surface area contributed by atoms with E-state index in [4.69, 9.17) is 9.47 Å². The number of piperazine rings is 1. The number of hydrogen-bond acceptors (Lipinski definition) is 5. The van der Waals surface area contributed by atoms with E-state index in [0.29, 0.717) is 57.4 Å². The Kier molecular flexibility index (Phi) is 5.03. The van der Waals surface area contributed by atoms with Crippen molar-refractivity contribution in [1.29, 1.82) is 0 Å². The second-order valence-electron chi connectivity index (χ2n) is 6.62. The van der Waals surface area contributed by atoms with Gasteiger partial charge in [0.05, 0.1) is 4.90 Å². The molecule has 0 spiro atoms. The Hall–Kier alpha value is -2.16. The van der Waals surface area contributed by atoms with Crippen molar-refractivity contribution in [3.8, 4) is 11.5 Å². The smallest absolute Gasteiger partial charge is 0.243 e. The van der Waals surface area contributed by atoms with Crippen molar-refractivity contribution in [1.82, 2.24) is 9.21 Å². The van der Waals surface area contributed by atoms with Crippen molar-refractivity contribution in [2.45, 2.75) is 11.4 Å². The molecule has 0 amide bonds. The number of halogens is 1. The summed E-state index contributed by atoms with van der Waals surface area (Å²) in [5, 5.41) is 0. The summed E-state index contributed by atoms with van der Waals surface area (Å²) in [5.74, 6) is 0.777. The average Bonchev–Trinajstić information content (AvgIpc) is 2.68. The first kappa shape index (κ1) is 18.2. The molecule has 27 heavy (non-hydrogen) atoms. The number of hydrogen-bond donors (Lipinski definition) is 0. The zero-order chi connectivity index (χ0) is 18.9. The van der Waals surface area contributed by atoms with E-state index >= 15 is 0 Å². The number of fused-ring (bicyclic) bond motifs is 1. The molecule has 0 aliphatic carbocycles. The molecule has 1 saturated heterocycles. The van der Waals surface area contributed by atoms with Crippen LogP contribution in [0.3, 0.4) is 0 Å². The molecule has 2 heterocycles. The van der Waals surface area contributed by atoms with Gasteiger partial charge in [-0.05, 0) is 29.8 Å². The Morgan fingerprint density at radius 1 is 0.926 bits per heavy atom. The SMILES string of the molecule is O=S(=O)(c1ccc2c(c1)OCCO2)N1CCN(Cc2cccc(F)c2)CC1. The van der Waals surface area contributed by atoms with Gasteiger partial charge in [0, 0.05) is 38.8 Å². The van der Waals surface area contributed by atoms with Crippen molar-refractivity contribution < 1.29 is 22.3 Å². The topological polar surface area (TPSA) is 59.1 Å². The third kappa shape index (κ3) is 3.92. The minimum Gasteiger partial charge on any atom is -0.486 e. The first-order valence-corrected chi connectivity index (χ1v) is 10.3. The van der Waals surface area contributed by atoms with Gasteiger partial charge >= 0.3 is 0 Å². The lowest BCUT2D eigenvalue weighted by Gasteiger charge is -2.34. The molecular formula is C19H21FN2O4S. The van der Waals surface area contributed by atoms with Gasteiger partial charge in [0.15, 0.2) is 11.5 Å². The second-order valence-corrected chi connectivity index (χ2v) is 8.55. The molecule has 0 aromatic heterocycles. The zero-order valence-electron chi connectivity index (χ0n) is 14.8. The first-order valence-electron chi connectivity index (χ1n) is 8.89. The molecule has 4 rings (SSSR count). The van der Waals surface area contributed by atoms with E-state index in [-0.39, 0.29) is 10.7 Å². The maximum absolute atomic E-state index is 13.3. The molecule has 0 bridgehead atoms. The molecule has 0 unspecified atom stereocenters. The van der Waals surface area contributed by atoms with E-state index in [1.54, 1.807) is 18.2 Å². The summed E-state index contributed by atoms with van der Waals surface area (Å²) in [6, 6.07) is 11.2. The molecule has 144 valence electrons. The van der Waals surface area contributed by atoms with Gasteiger partial charge in [-0.15, -0.1) is 0 Å². The summed E-state index contributed by atoms with van der Waals surface area (Å²) in [6.45, 7) is 3.47. The molecule has 1 fully saturated rings. The van der Waals surface area contributed by atoms with Crippen LogP contribution in [-0.4, -0.2) is 57.0 Å². The monoisotopic (exact) mass is 392 g/mol. The summed E-state index contributed by atoms with van der Waals surface area (Å²) in [4.78, 5) is 2.34. The lowest BCUT2D eigenvalue weighted by atomic mass is 10.2. The fourth-order valence-electron chi connectivity index (χ4n) is 3.35. The van der Waals surface area contributed by atoms with Gasteiger partial charge in [-0.3, -0.25) is 4.90 Å². The van der Waals surface area contributed by atoms with E-state index in [1.165, 1.54) is 22.5 Å². The molecule has 2 aliphatic rings. The molecule has 0 saturated carbocycles. The third-order valence-corrected chi connectivity index (χ3v) is 6.67. The number of sulfonamides is 1. The first-order chi connectivity index (χ1) is 13.0. The Balaban J connectivity index is 1.42. The van der Waals surface area contributed by atoms with Crippen LogP contribution >= 0.6 is 0 Å². The van der Waals surface area contributed by atoms with E-state index in [0.717, 1.165) is 5.56 Å². The number of benzene rings is 2. The quantitative estimate of drug-likeness (QED) is 0.798. The van der Waals surface area contributed by atoms with Gasteiger partial charge in [0.25, 0.3) is 0 Å². The van der Waals surface area contributed by atoms with Crippen LogP contribution in [0.2, 0.25) is 0 Å². The maximum Gasteiger partial charge on any atom is 0.243 e. The second kappa shape index (κ2) is 7.46. The zero-order valence-corrected chi connectivity index (χ0v) is 15.6. The van der Waals surface area contributed by atoms with Gasteiger partial charge in [0.1, 0.15) is 19.0 Å². The van der Waals surface area contributed by atoms with Gasteiger partial charge in [-0.1, -0.05) is 12.1 Å². The molecule has 6 nitrogen and oxygen atoms in total. The fourth-order valence-corrected chi connectivity index (χ4v) is 4.79. The van der Waals surface area contributed by atoms with E-state index < -0.39 is 10.0 Å². The Labute approximate surface area is 158 Å². The molecule has 0 atom stereocenters. The minimum absolute atomic E-state index is 0.213. The van der Waals surface area contributed by atoms with Crippen molar-refractivity contribution >= 4 is 10.0 Å². The van der Waals surface area contributed by atoms with E-state index in [1.807, 2.05) is 6.07 Å². The molecule has 8 heteroatoms. The van der Waals surface area contributed by atoms with Crippen LogP contribution in [0.15, 0.2) is 47.4 Å². The molecule has 2 aromatic rings. The van der Waals surface area contributed by atoms with Crippen LogP contribution in [-0.2, 0) is 16.6 Å². The minimum atomic E-state index is -3.59. The largest absolute Gasteiger partial charge is 0.486 e. The number of ether oxygens (including phenoxy) is 2. The summed E-state index contributed by atoms with van der Waals surface area (Å²) in [7, 11) is -3.59. The van der Waals surface area contributed by atoms with Crippen molar-refractivity contribution in [2.75, 3.05) is 39.4 Å². The van der Waals surface area contributed by atoms with Gasteiger partial charge in [-0.25, -0.2) is 12.8 Å². The van der Waals surface area contributed by atoms with Crippen molar-refractivity contribution in [3.05, 3.63) is 53.8 Å². The highest BCUT2D eigenvalue weighted by Gasteiger charge is 2.29. The molecule has 2 aromatic carbocycles. The number of nitrogens with zero attached hydrogens (tertiary/aromatic N) is 2. The number of rotatable bonds is 4. The summed E-state index contributed by atoms with van der Waals surface area (Å²) < 4.78 is 51.6. The molecule has 0 radical (unpaired) electrons. The van der Waals surface area contributed by atoms with Crippen LogP contribution in [0.5, 0.6) is 11.5 Å². The Bertz CT molecular complexity index is 927. The van der Waals surface area contributed by atoms with Crippen molar-refractivity contribution in [3.63, 3.8) is 0 Å². The predicted molar refractivity (Wildman–Crippen MR) is 97.9 cm³/mol. The van der Waals surface area contributed by atoms with Crippen LogP contribution in [0, 0.1) is 5.82 Å². The van der Waals surface area contributed by atoms with Crippen LogP contribution in [0.4, 0.5) is 4.39 Å². The van der Waals surface area contributed by atoms with E-state index in [9.17, 15) is 12.8 Å². The highest BCUT2D eigenvalue weighted by molar-refractivity contribution is 7.89. The van der Waals surface area contributed by atoms with E-state index in [2.05, 4.69) is 4.90 Å². The van der Waals surface area contributed by atoms with Gasteiger partial charge in [-0.2, -0.15) is 4.31 Å². The van der Waals surface area contributed by atoms with Gasteiger partial charge in [0.2, 0.25) is 10.0 Å².